The third-order valence-corrected chi connectivity index (χ3v) is 10.8. The standard InChI is InChI=1S/C29H48O2/c1-19(17-21(3)30)7-6-8-20(2)25-11-12-26-24-10-9-22-18-23(31)13-15-28(22,4)27(24)14-16-29(25,26)5/h9,19-20,23-27,31H,6-8,10-18H2,1-5H3/t19?,20-,23+,24+,25-,26+,27+,28+,29-/m1/s1. The molecule has 9 atom stereocenters. The average Bonchev–Trinajstić information content (AvgIpc) is 3.05. The molecule has 0 aromatic heterocycles. The molecule has 0 aliphatic heterocycles. The van der Waals surface area contributed by atoms with Crippen molar-refractivity contribution in [1.29, 1.82) is 0 Å². The van der Waals surface area contributed by atoms with Crippen LogP contribution in [0.2, 0.25) is 0 Å². The van der Waals surface area contributed by atoms with E-state index < -0.39 is 0 Å². The number of carbonyl (C=O) groups is 1. The first-order valence-corrected chi connectivity index (χ1v) is 13.5. The van der Waals surface area contributed by atoms with E-state index in [0.717, 1.165) is 48.9 Å². The average molecular weight is 429 g/mol. The van der Waals surface area contributed by atoms with Gasteiger partial charge < -0.3 is 9.90 Å². The molecule has 1 N–H and O–H groups in total. The summed E-state index contributed by atoms with van der Waals surface area (Å²) in [5, 5.41) is 10.2. The molecule has 0 heterocycles. The Morgan fingerprint density at radius 1 is 1.10 bits per heavy atom. The molecule has 31 heavy (non-hydrogen) atoms. The van der Waals surface area contributed by atoms with Crippen LogP contribution >= 0.6 is 0 Å². The van der Waals surface area contributed by atoms with E-state index in [1.807, 2.05) is 0 Å². The van der Waals surface area contributed by atoms with Crippen LogP contribution in [0.5, 0.6) is 0 Å². The van der Waals surface area contributed by atoms with Gasteiger partial charge in [-0.05, 0) is 105 Å². The Morgan fingerprint density at radius 2 is 1.87 bits per heavy atom. The number of allylic oxidation sites excluding steroid dienone is 1. The van der Waals surface area contributed by atoms with Crippen molar-refractivity contribution >= 4 is 5.78 Å². The highest BCUT2D eigenvalue weighted by Gasteiger charge is 2.59. The second-order valence-corrected chi connectivity index (χ2v) is 12.8. The Hall–Kier alpha value is -0.630. The van der Waals surface area contributed by atoms with Crippen molar-refractivity contribution < 1.29 is 9.90 Å². The van der Waals surface area contributed by atoms with Crippen molar-refractivity contribution in [3.05, 3.63) is 11.6 Å². The van der Waals surface area contributed by atoms with E-state index in [0.29, 0.717) is 22.5 Å². The molecule has 4 aliphatic carbocycles. The molecule has 3 fully saturated rings. The number of hydrogen-bond donors (Lipinski definition) is 1. The first-order valence-electron chi connectivity index (χ1n) is 13.5. The van der Waals surface area contributed by atoms with E-state index in [9.17, 15) is 9.90 Å². The van der Waals surface area contributed by atoms with Gasteiger partial charge in [0.15, 0.2) is 0 Å². The molecular weight excluding hydrogens is 380 g/mol. The van der Waals surface area contributed by atoms with Gasteiger partial charge in [-0.15, -0.1) is 0 Å². The monoisotopic (exact) mass is 428 g/mol. The van der Waals surface area contributed by atoms with Crippen molar-refractivity contribution in [2.45, 2.75) is 118 Å². The number of Topliss-reactive ketones (excluding diaryl/α,β-unsaturated/α-hetero) is 1. The Labute approximate surface area is 191 Å². The van der Waals surface area contributed by atoms with Crippen molar-refractivity contribution in [2.24, 2.45) is 46.3 Å². The van der Waals surface area contributed by atoms with Gasteiger partial charge in [0.05, 0.1) is 6.10 Å². The zero-order valence-corrected chi connectivity index (χ0v) is 21.0. The second kappa shape index (κ2) is 8.96. The largest absolute Gasteiger partial charge is 0.393 e. The van der Waals surface area contributed by atoms with E-state index >= 15 is 0 Å². The molecule has 0 spiro atoms. The minimum absolute atomic E-state index is 0.0976. The molecule has 0 aromatic rings. The lowest BCUT2D eigenvalue weighted by Crippen LogP contribution is -2.50. The normalized spacial score (nSPS) is 43.9. The number of rotatable bonds is 7. The summed E-state index contributed by atoms with van der Waals surface area (Å²) in [4.78, 5) is 11.4. The summed E-state index contributed by atoms with van der Waals surface area (Å²) in [6.45, 7) is 11.7. The number of aliphatic hydroxyl groups is 1. The van der Waals surface area contributed by atoms with E-state index in [1.165, 1.54) is 57.8 Å². The summed E-state index contributed by atoms with van der Waals surface area (Å²) in [5.74, 6) is 5.20. The number of aliphatic hydroxyl groups excluding tert-OH is 1. The van der Waals surface area contributed by atoms with Gasteiger partial charge in [0, 0.05) is 6.42 Å². The van der Waals surface area contributed by atoms with Crippen LogP contribution in [0.1, 0.15) is 112 Å². The Balaban J connectivity index is 1.41. The van der Waals surface area contributed by atoms with Gasteiger partial charge in [-0.3, -0.25) is 0 Å². The van der Waals surface area contributed by atoms with Crippen LogP contribution in [0.4, 0.5) is 0 Å². The summed E-state index contributed by atoms with van der Waals surface area (Å²) < 4.78 is 0. The maximum atomic E-state index is 11.4. The van der Waals surface area contributed by atoms with E-state index in [2.05, 4.69) is 33.8 Å². The van der Waals surface area contributed by atoms with Gasteiger partial charge >= 0.3 is 0 Å². The molecule has 0 aromatic carbocycles. The molecule has 4 rings (SSSR count). The van der Waals surface area contributed by atoms with Gasteiger partial charge in [0.2, 0.25) is 0 Å². The number of ketones is 1. The molecule has 1 unspecified atom stereocenters. The van der Waals surface area contributed by atoms with Crippen LogP contribution in [-0.4, -0.2) is 17.0 Å². The highest BCUT2D eigenvalue weighted by Crippen LogP contribution is 2.67. The van der Waals surface area contributed by atoms with Gasteiger partial charge in [-0.2, -0.15) is 0 Å². The van der Waals surface area contributed by atoms with Crippen LogP contribution in [0.15, 0.2) is 11.6 Å². The highest BCUT2D eigenvalue weighted by atomic mass is 16.3. The third kappa shape index (κ3) is 4.32. The fraction of sp³-hybridized carbons (Fsp3) is 0.897. The van der Waals surface area contributed by atoms with E-state index in [1.54, 1.807) is 12.5 Å². The quantitative estimate of drug-likeness (QED) is 0.430. The molecule has 0 amide bonds. The summed E-state index contributed by atoms with van der Waals surface area (Å²) in [7, 11) is 0. The predicted molar refractivity (Wildman–Crippen MR) is 129 cm³/mol. The maximum Gasteiger partial charge on any atom is 0.130 e. The lowest BCUT2D eigenvalue weighted by atomic mass is 9.47. The zero-order valence-electron chi connectivity index (χ0n) is 21.0. The number of hydrogen-bond acceptors (Lipinski definition) is 2. The van der Waals surface area contributed by atoms with E-state index in [-0.39, 0.29) is 6.10 Å². The number of fused-ring (bicyclic) bond motifs is 5. The topological polar surface area (TPSA) is 37.3 Å². The van der Waals surface area contributed by atoms with Gasteiger partial charge in [-0.1, -0.05) is 58.6 Å². The van der Waals surface area contributed by atoms with Gasteiger partial charge in [0.25, 0.3) is 0 Å². The highest BCUT2D eigenvalue weighted by molar-refractivity contribution is 5.75. The molecule has 4 aliphatic rings. The van der Waals surface area contributed by atoms with E-state index in [4.69, 9.17) is 0 Å². The van der Waals surface area contributed by atoms with Gasteiger partial charge in [-0.25, -0.2) is 0 Å². The van der Waals surface area contributed by atoms with Crippen LogP contribution in [0.25, 0.3) is 0 Å². The first-order chi connectivity index (χ1) is 14.6. The molecule has 176 valence electrons. The lowest BCUT2D eigenvalue weighted by molar-refractivity contribution is -0.117. The lowest BCUT2D eigenvalue weighted by Gasteiger charge is -2.58. The summed E-state index contributed by atoms with van der Waals surface area (Å²) >= 11 is 0. The number of carbonyl (C=O) groups excluding carboxylic acids is 1. The molecule has 2 heteroatoms. The summed E-state index contributed by atoms with van der Waals surface area (Å²) in [6, 6.07) is 0. The summed E-state index contributed by atoms with van der Waals surface area (Å²) in [6.07, 6.45) is 17.1. The van der Waals surface area contributed by atoms with Crippen LogP contribution < -0.4 is 0 Å². The smallest absolute Gasteiger partial charge is 0.130 e. The molecule has 3 saturated carbocycles. The van der Waals surface area contributed by atoms with Crippen LogP contribution in [0.3, 0.4) is 0 Å². The Morgan fingerprint density at radius 3 is 2.61 bits per heavy atom. The Bertz CT molecular complexity index is 695. The zero-order chi connectivity index (χ0) is 22.4. The second-order valence-electron chi connectivity index (χ2n) is 12.8. The third-order valence-electron chi connectivity index (χ3n) is 10.8. The van der Waals surface area contributed by atoms with Crippen molar-refractivity contribution in [1.82, 2.24) is 0 Å². The van der Waals surface area contributed by atoms with Gasteiger partial charge in [0.1, 0.15) is 5.78 Å². The van der Waals surface area contributed by atoms with Crippen molar-refractivity contribution in [3.8, 4) is 0 Å². The maximum absolute atomic E-state index is 11.4. The van der Waals surface area contributed by atoms with Crippen LogP contribution in [0, 0.1) is 46.3 Å². The molecule has 0 bridgehead atoms. The minimum Gasteiger partial charge on any atom is -0.393 e. The predicted octanol–water partition coefficient (Wildman–Crippen LogP) is 7.35. The fourth-order valence-electron chi connectivity index (χ4n) is 9.20. The van der Waals surface area contributed by atoms with Crippen molar-refractivity contribution in [2.75, 3.05) is 0 Å². The minimum atomic E-state index is -0.0976. The molecular formula is C29H48O2. The fourth-order valence-corrected chi connectivity index (χ4v) is 9.20. The van der Waals surface area contributed by atoms with Crippen molar-refractivity contribution in [3.63, 3.8) is 0 Å². The molecule has 2 nitrogen and oxygen atoms in total. The SMILES string of the molecule is CC(=O)CC(C)CCC[C@@H](C)[C@H]1CC[C@H]2[C@@H]3CC=C4C[C@@H](O)CC[C@]4(C)[C@H]3CC[C@]12C. The first kappa shape index (κ1) is 23.5. The summed E-state index contributed by atoms with van der Waals surface area (Å²) in [5.41, 5.74) is 2.49. The molecule has 0 saturated heterocycles. The Kier molecular flexibility index (Phi) is 6.80. The van der Waals surface area contributed by atoms with Crippen LogP contribution in [-0.2, 0) is 4.79 Å². The molecule has 0 radical (unpaired) electrons.